The average molecular weight is 365 g/mol. The van der Waals surface area contributed by atoms with E-state index in [1.165, 1.54) is 0 Å². The van der Waals surface area contributed by atoms with E-state index < -0.39 is 46.1 Å². The van der Waals surface area contributed by atoms with Crippen molar-refractivity contribution in [1.29, 1.82) is 0 Å². The van der Waals surface area contributed by atoms with E-state index in [4.69, 9.17) is 4.74 Å². The second kappa shape index (κ2) is 6.80. The number of hydrogen-bond donors (Lipinski definition) is 1. The minimum Gasteiger partial charge on any atom is -0.452 e. The van der Waals surface area contributed by atoms with Crippen LogP contribution >= 0.6 is 0 Å². The second-order valence-electron chi connectivity index (χ2n) is 5.32. The summed E-state index contributed by atoms with van der Waals surface area (Å²) in [6, 6.07) is 2.85. The molecule has 10 heteroatoms. The van der Waals surface area contributed by atoms with E-state index in [2.05, 4.69) is 5.32 Å². The quantitative estimate of drug-likeness (QED) is 0.809. The number of alkyl halides is 3. The Bertz CT molecular complexity index is 728. The lowest BCUT2D eigenvalue weighted by Gasteiger charge is -2.11. The predicted molar refractivity (Wildman–Crippen MR) is 76.9 cm³/mol. The van der Waals surface area contributed by atoms with Gasteiger partial charge in [-0.15, -0.1) is 0 Å². The van der Waals surface area contributed by atoms with Crippen molar-refractivity contribution in [2.24, 2.45) is 0 Å². The molecule has 1 aliphatic rings. The molecule has 1 aromatic carbocycles. The van der Waals surface area contributed by atoms with Gasteiger partial charge in [0.2, 0.25) is 0 Å². The molecule has 1 unspecified atom stereocenters. The number of ether oxygens (including phenoxy) is 1. The van der Waals surface area contributed by atoms with E-state index in [-0.39, 0.29) is 17.1 Å². The number of hydrogen-bond acceptors (Lipinski definition) is 5. The molecule has 1 fully saturated rings. The molecule has 0 aliphatic carbocycles. The summed E-state index contributed by atoms with van der Waals surface area (Å²) in [6.07, 6.45) is -4.22. The lowest BCUT2D eigenvalue weighted by Crippen LogP contribution is -2.38. The number of carbonyl (C=O) groups excluding carboxylic acids is 2. The van der Waals surface area contributed by atoms with Crippen molar-refractivity contribution in [3.05, 3.63) is 35.4 Å². The lowest BCUT2D eigenvalue weighted by atomic mass is 10.1. The third kappa shape index (κ3) is 4.95. The van der Waals surface area contributed by atoms with E-state index in [0.29, 0.717) is 6.42 Å². The molecule has 1 atom stereocenters. The molecule has 1 N–H and O–H groups in total. The molecule has 1 saturated heterocycles. The third-order valence-electron chi connectivity index (χ3n) is 3.38. The first-order chi connectivity index (χ1) is 11.1. The van der Waals surface area contributed by atoms with E-state index in [1.54, 1.807) is 0 Å². The largest absolute Gasteiger partial charge is 0.452 e. The highest BCUT2D eigenvalue weighted by Gasteiger charge is 2.31. The van der Waals surface area contributed by atoms with Crippen LogP contribution in [-0.4, -0.2) is 44.4 Å². The monoisotopic (exact) mass is 365 g/mol. The van der Waals surface area contributed by atoms with Crippen molar-refractivity contribution in [2.75, 3.05) is 18.1 Å². The van der Waals surface area contributed by atoms with Gasteiger partial charge in [0.05, 0.1) is 22.6 Å². The summed E-state index contributed by atoms with van der Waals surface area (Å²) in [6.45, 7) is -0.642. The topological polar surface area (TPSA) is 89.5 Å². The summed E-state index contributed by atoms with van der Waals surface area (Å²) in [5, 5.41) is 2.43. The zero-order chi connectivity index (χ0) is 18.0. The van der Waals surface area contributed by atoms with Crippen molar-refractivity contribution < 1.29 is 35.9 Å². The zero-order valence-corrected chi connectivity index (χ0v) is 13.1. The number of sulfone groups is 1. The number of nitrogens with one attached hydrogen (secondary N) is 1. The molecule has 0 bridgehead atoms. The average Bonchev–Trinajstić information content (AvgIpc) is 2.83. The van der Waals surface area contributed by atoms with Gasteiger partial charge in [0.25, 0.3) is 5.91 Å². The Labute approximate surface area is 135 Å². The van der Waals surface area contributed by atoms with Crippen molar-refractivity contribution in [3.63, 3.8) is 0 Å². The number of halogens is 3. The Hall–Kier alpha value is -2.10. The summed E-state index contributed by atoms with van der Waals surface area (Å²) in [5.74, 6) is -1.79. The minimum absolute atomic E-state index is 0.0106. The summed E-state index contributed by atoms with van der Waals surface area (Å²) in [4.78, 5) is 23.3. The van der Waals surface area contributed by atoms with Crippen LogP contribution in [0.25, 0.3) is 0 Å². The minimum atomic E-state index is -4.51. The standard InChI is InChI=1S/C14H14F3NO5S/c15-14(16,17)10-3-1-9(2-4-10)13(20)23-7-12(19)18-11-5-6-24(21,22)8-11/h1-4,11H,5-8H2,(H,18,19). The molecular weight excluding hydrogens is 351 g/mol. The number of carbonyl (C=O) groups is 2. The van der Waals surface area contributed by atoms with Crippen LogP contribution < -0.4 is 5.32 Å². The highest BCUT2D eigenvalue weighted by atomic mass is 32.2. The summed E-state index contributed by atoms with van der Waals surface area (Å²) >= 11 is 0. The van der Waals surface area contributed by atoms with E-state index >= 15 is 0 Å². The molecule has 0 radical (unpaired) electrons. The van der Waals surface area contributed by atoms with E-state index in [1.807, 2.05) is 0 Å². The zero-order valence-electron chi connectivity index (χ0n) is 12.3. The van der Waals surface area contributed by atoms with Gasteiger partial charge in [0.15, 0.2) is 16.4 Å². The lowest BCUT2D eigenvalue weighted by molar-refractivity contribution is -0.137. The molecule has 24 heavy (non-hydrogen) atoms. The van der Waals surface area contributed by atoms with Gasteiger partial charge in [-0.2, -0.15) is 13.2 Å². The predicted octanol–water partition coefficient (Wildman–Crippen LogP) is 1.17. The SMILES string of the molecule is O=C(COC(=O)c1ccc(C(F)(F)F)cc1)NC1CCS(=O)(=O)C1. The smallest absolute Gasteiger partial charge is 0.416 e. The normalized spacial score (nSPS) is 19.7. The van der Waals surface area contributed by atoms with Gasteiger partial charge in [0, 0.05) is 6.04 Å². The molecule has 1 aliphatic heterocycles. The fourth-order valence-electron chi connectivity index (χ4n) is 2.19. The maximum absolute atomic E-state index is 12.4. The molecule has 1 heterocycles. The van der Waals surface area contributed by atoms with Crippen LogP contribution in [0.2, 0.25) is 0 Å². The van der Waals surface area contributed by atoms with E-state index in [9.17, 15) is 31.2 Å². The Kier molecular flexibility index (Phi) is 5.16. The van der Waals surface area contributed by atoms with Crippen molar-refractivity contribution in [1.82, 2.24) is 5.32 Å². The van der Waals surface area contributed by atoms with Crippen LogP contribution in [0.1, 0.15) is 22.3 Å². The summed E-state index contributed by atoms with van der Waals surface area (Å²) < 4.78 is 64.4. The third-order valence-corrected chi connectivity index (χ3v) is 5.15. The second-order valence-corrected chi connectivity index (χ2v) is 7.55. The highest BCUT2D eigenvalue weighted by molar-refractivity contribution is 7.91. The molecule has 0 saturated carbocycles. The maximum atomic E-state index is 12.4. The van der Waals surface area contributed by atoms with Crippen LogP contribution in [0.4, 0.5) is 13.2 Å². The fourth-order valence-corrected chi connectivity index (χ4v) is 3.86. The summed E-state index contributed by atoms with van der Waals surface area (Å²) in [5.41, 5.74) is -1.03. The highest BCUT2D eigenvalue weighted by Crippen LogP contribution is 2.29. The van der Waals surface area contributed by atoms with Crippen LogP contribution in [0.3, 0.4) is 0 Å². The molecule has 6 nitrogen and oxygen atoms in total. The number of esters is 1. The van der Waals surface area contributed by atoms with Crippen molar-refractivity contribution in [3.8, 4) is 0 Å². The molecule has 0 spiro atoms. The Morgan fingerprint density at radius 3 is 2.33 bits per heavy atom. The first-order valence-corrected chi connectivity index (χ1v) is 8.73. The van der Waals surface area contributed by atoms with Crippen LogP contribution in [-0.2, 0) is 25.5 Å². The Balaban J connectivity index is 1.83. The molecular formula is C14H14F3NO5S. The van der Waals surface area contributed by atoms with E-state index in [0.717, 1.165) is 24.3 Å². The van der Waals surface area contributed by atoms with Gasteiger partial charge in [-0.25, -0.2) is 13.2 Å². The Morgan fingerprint density at radius 2 is 1.83 bits per heavy atom. The van der Waals surface area contributed by atoms with Crippen LogP contribution in [0.5, 0.6) is 0 Å². The van der Waals surface area contributed by atoms with Gasteiger partial charge < -0.3 is 10.1 Å². The summed E-state index contributed by atoms with van der Waals surface area (Å²) in [7, 11) is -3.15. The van der Waals surface area contributed by atoms with Gasteiger partial charge >= 0.3 is 12.1 Å². The molecule has 1 aromatic rings. The number of amides is 1. The first-order valence-electron chi connectivity index (χ1n) is 6.91. The maximum Gasteiger partial charge on any atom is 0.416 e. The number of rotatable bonds is 4. The molecule has 1 amide bonds. The molecule has 0 aromatic heterocycles. The Morgan fingerprint density at radius 1 is 1.21 bits per heavy atom. The van der Waals surface area contributed by atoms with Gasteiger partial charge in [-0.3, -0.25) is 4.79 Å². The van der Waals surface area contributed by atoms with Crippen LogP contribution in [0, 0.1) is 0 Å². The van der Waals surface area contributed by atoms with Gasteiger partial charge in [-0.1, -0.05) is 0 Å². The van der Waals surface area contributed by atoms with Gasteiger partial charge in [0.1, 0.15) is 0 Å². The fraction of sp³-hybridized carbons (Fsp3) is 0.429. The van der Waals surface area contributed by atoms with Crippen LogP contribution in [0.15, 0.2) is 24.3 Å². The first kappa shape index (κ1) is 18.2. The van der Waals surface area contributed by atoms with Crippen molar-refractivity contribution in [2.45, 2.75) is 18.6 Å². The van der Waals surface area contributed by atoms with Gasteiger partial charge in [-0.05, 0) is 30.7 Å². The molecule has 2 rings (SSSR count). The molecule has 132 valence electrons. The number of benzene rings is 1. The van der Waals surface area contributed by atoms with Crippen molar-refractivity contribution >= 4 is 21.7 Å².